The van der Waals surface area contributed by atoms with E-state index >= 15 is 0 Å². The number of anilines is 1. The van der Waals surface area contributed by atoms with Gasteiger partial charge in [0.2, 0.25) is 0 Å². The molecule has 0 radical (unpaired) electrons. The van der Waals surface area contributed by atoms with Gasteiger partial charge in [-0.25, -0.2) is 0 Å². The molecule has 5 rings (SSSR count). The smallest absolute Gasteiger partial charge is 0.102 e. The van der Waals surface area contributed by atoms with Crippen LogP contribution in [0.2, 0.25) is 5.02 Å². The second-order valence-corrected chi connectivity index (χ2v) is 8.67. The van der Waals surface area contributed by atoms with Crippen LogP contribution in [0.5, 0.6) is 0 Å². The van der Waals surface area contributed by atoms with E-state index in [1.807, 2.05) is 6.21 Å². The summed E-state index contributed by atoms with van der Waals surface area (Å²) < 4.78 is 0. The van der Waals surface area contributed by atoms with Crippen molar-refractivity contribution in [1.29, 1.82) is 0 Å². The number of hydrogen-bond acceptors (Lipinski definition) is 3. The van der Waals surface area contributed by atoms with Crippen molar-refractivity contribution in [2.24, 2.45) is 5.10 Å². The third-order valence-electron chi connectivity index (χ3n) is 6.26. The van der Waals surface area contributed by atoms with Crippen LogP contribution in [0.1, 0.15) is 30.4 Å². The lowest BCUT2D eigenvalue weighted by Gasteiger charge is -2.32. The molecule has 0 saturated carbocycles. The van der Waals surface area contributed by atoms with Crippen molar-refractivity contribution in [3.8, 4) is 0 Å². The highest BCUT2D eigenvalue weighted by molar-refractivity contribution is 6.33. The Bertz CT molecular complexity index is 1170. The minimum absolute atomic E-state index is 0.395. The van der Waals surface area contributed by atoms with Gasteiger partial charge in [-0.1, -0.05) is 78.4 Å². The maximum absolute atomic E-state index is 6.59. The molecule has 2 aliphatic rings. The van der Waals surface area contributed by atoms with E-state index in [1.54, 1.807) is 0 Å². The number of fused-ring (bicyclic) bond motifs is 1. The summed E-state index contributed by atoms with van der Waals surface area (Å²) in [5, 5.41) is 7.85. The number of allylic oxidation sites excluding steroid dienone is 2. The highest BCUT2D eigenvalue weighted by Crippen LogP contribution is 2.35. The van der Waals surface area contributed by atoms with Gasteiger partial charge in [-0.2, -0.15) is 5.10 Å². The van der Waals surface area contributed by atoms with Gasteiger partial charge in [-0.15, -0.1) is 0 Å². The van der Waals surface area contributed by atoms with Crippen molar-refractivity contribution >= 4 is 34.3 Å². The van der Waals surface area contributed by atoms with E-state index in [0.29, 0.717) is 0 Å². The number of benzene rings is 3. The summed E-state index contributed by atoms with van der Waals surface area (Å²) in [5.41, 5.74) is 6.39. The lowest BCUT2D eigenvalue weighted by Crippen LogP contribution is -2.38. The Kier molecular flexibility index (Phi) is 5.52. The number of rotatable bonds is 5. The maximum atomic E-state index is 6.59. The number of hydrogen-bond donors (Lipinski definition) is 1. The Hall–Kier alpha value is -3.04. The molecule has 0 amide bonds. The zero-order valence-corrected chi connectivity index (χ0v) is 18.2. The Labute approximate surface area is 188 Å². The minimum atomic E-state index is -0.395. The fourth-order valence-electron chi connectivity index (χ4n) is 4.59. The second kappa shape index (κ2) is 8.60. The van der Waals surface area contributed by atoms with Gasteiger partial charge in [0.25, 0.3) is 0 Å². The molecule has 1 atom stereocenters. The molecule has 156 valence electrons. The van der Waals surface area contributed by atoms with Gasteiger partial charge in [0.05, 0.1) is 11.2 Å². The number of nitrogens with one attached hydrogen (secondary N) is 1. The highest BCUT2D eigenvalue weighted by Gasteiger charge is 2.30. The first-order valence-electron chi connectivity index (χ1n) is 10.9. The fraction of sp³-hybridized carbons (Fsp3) is 0.222. The van der Waals surface area contributed by atoms with Crippen molar-refractivity contribution in [2.45, 2.75) is 24.8 Å². The van der Waals surface area contributed by atoms with E-state index in [9.17, 15) is 0 Å². The van der Waals surface area contributed by atoms with Crippen molar-refractivity contribution in [1.82, 2.24) is 5.43 Å². The SMILES string of the molecule is Clc1cc(N2CCCC2)ccc1/C=N/NC1(c2cccc3ccccc23)C=CC=CC1. The molecule has 4 heteroatoms. The molecule has 0 aromatic heterocycles. The molecule has 1 saturated heterocycles. The maximum Gasteiger partial charge on any atom is 0.102 e. The second-order valence-electron chi connectivity index (χ2n) is 8.26. The molecular formula is C27H26ClN3. The largest absolute Gasteiger partial charge is 0.371 e. The van der Waals surface area contributed by atoms with Crippen LogP contribution < -0.4 is 10.3 Å². The fourth-order valence-corrected chi connectivity index (χ4v) is 4.81. The summed E-state index contributed by atoms with van der Waals surface area (Å²) in [5.74, 6) is 0. The lowest BCUT2D eigenvalue weighted by atomic mass is 9.82. The average Bonchev–Trinajstić information content (AvgIpc) is 3.35. The van der Waals surface area contributed by atoms with Gasteiger partial charge in [0.1, 0.15) is 5.54 Å². The summed E-state index contributed by atoms with van der Waals surface area (Å²) in [6.07, 6.45) is 13.7. The molecule has 0 bridgehead atoms. The molecule has 0 spiro atoms. The molecule has 31 heavy (non-hydrogen) atoms. The van der Waals surface area contributed by atoms with Gasteiger partial charge < -0.3 is 4.90 Å². The van der Waals surface area contributed by atoms with Crippen molar-refractivity contribution < 1.29 is 0 Å². The molecule has 1 aliphatic carbocycles. The van der Waals surface area contributed by atoms with E-state index in [2.05, 4.69) is 100 Å². The number of halogens is 1. The molecule has 3 aromatic carbocycles. The monoisotopic (exact) mass is 427 g/mol. The summed E-state index contributed by atoms with van der Waals surface area (Å²) >= 11 is 6.59. The van der Waals surface area contributed by atoms with E-state index in [0.717, 1.165) is 30.1 Å². The lowest BCUT2D eigenvalue weighted by molar-refractivity contribution is 0.435. The van der Waals surface area contributed by atoms with Crippen LogP contribution in [0.15, 0.2) is 90.1 Å². The topological polar surface area (TPSA) is 27.6 Å². The number of hydrazone groups is 1. The summed E-state index contributed by atoms with van der Waals surface area (Å²) in [6.45, 7) is 2.22. The van der Waals surface area contributed by atoms with E-state index in [1.165, 1.54) is 34.9 Å². The van der Waals surface area contributed by atoms with Crippen LogP contribution in [0.3, 0.4) is 0 Å². The highest BCUT2D eigenvalue weighted by atomic mass is 35.5. The summed E-state index contributed by atoms with van der Waals surface area (Å²) in [7, 11) is 0. The number of nitrogens with zero attached hydrogens (tertiary/aromatic N) is 2. The average molecular weight is 428 g/mol. The first-order chi connectivity index (χ1) is 15.3. The molecule has 1 aliphatic heterocycles. The summed E-state index contributed by atoms with van der Waals surface area (Å²) in [4.78, 5) is 2.39. The third-order valence-corrected chi connectivity index (χ3v) is 6.59. The van der Waals surface area contributed by atoms with E-state index in [4.69, 9.17) is 11.6 Å². The van der Waals surface area contributed by atoms with Gasteiger partial charge in [0.15, 0.2) is 0 Å². The molecular weight excluding hydrogens is 402 g/mol. The Balaban J connectivity index is 1.43. The van der Waals surface area contributed by atoms with Crippen LogP contribution in [-0.4, -0.2) is 19.3 Å². The Morgan fingerprint density at radius 3 is 2.61 bits per heavy atom. The Morgan fingerprint density at radius 1 is 0.968 bits per heavy atom. The zero-order valence-electron chi connectivity index (χ0n) is 17.5. The van der Waals surface area contributed by atoms with Crippen molar-refractivity contribution in [3.05, 3.63) is 101 Å². The first kappa shape index (κ1) is 19.9. The van der Waals surface area contributed by atoms with Crippen LogP contribution in [0.4, 0.5) is 5.69 Å². The molecule has 1 unspecified atom stereocenters. The quantitative estimate of drug-likeness (QED) is 0.375. The first-order valence-corrected chi connectivity index (χ1v) is 11.3. The van der Waals surface area contributed by atoms with Gasteiger partial charge >= 0.3 is 0 Å². The third kappa shape index (κ3) is 3.98. The van der Waals surface area contributed by atoms with Crippen molar-refractivity contribution in [3.63, 3.8) is 0 Å². The predicted octanol–water partition coefficient (Wildman–Crippen LogP) is 6.43. The van der Waals surface area contributed by atoms with Gasteiger partial charge in [-0.05, 0) is 53.8 Å². The minimum Gasteiger partial charge on any atom is -0.371 e. The standard InChI is InChI=1S/C27H26ClN3/c28-26-19-23(31-17-6-7-18-31)14-13-22(26)20-29-30-27(15-4-1-5-16-27)25-12-8-10-21-9-2-3-11-24(21)25/h1-5,8-15,19-20,30H,6-7,16-18H2/b29-20+. The summed E-state index contributed by atoms with van der Waals surface area (Å²) in [6, 6.07) is 21.2. The van der Waals surface area contributed by atoms with Crippen LogP contribution >= 0.6 is 11.6 Å². The van der Waals surface area contributed by atoms with Gasteiger partial charge in [-0.3, -0.25) is 5.43 Å². The predicted molar refractivity (Wildman–Crippen MR) is 132 cm³/mol. The van der Waals surface area contributed by atoms with Crippen LogP contribution in [-0.2, 0) is 5.54 Å². The molecule has 3 aromatic rings. The molecule has 3 nitrogen and oxygen atoms in total. The normalized spacial score (nSPS) is 20.7. The molecule has 1 N–H and O–H groups in total. The zero-order chi connectivity index (χ0) is 21.1. The van der Waals surface area contributed by atoms with Gasteiger partial charge in [0, 0.05) is 24.3 Å². The van der Waals surface area contributed by atoms with Crippen LogP contribution in [0.25, 0.3) is 10.8 Å². The Morgan fingerprint density at radius 2 is 1.81 bits per heavy atom. The van der Waals surface area contributed by atoms with Crippen molar-refractivity contribution in [2.75, 3.05) is 18.0 Å². The van der Waals surface area contributed by atoms with E-state index in [-0.39, 0.29) is 0 Å². The van der Waals surface area contributed by atoms with Crippen LogP contribution in [0, 0.1) is 0 Å². The van der Waals surface area contributed by atoms with E-state index < -0.39 is 5.54 Å². The molecule has 1 heterocycles. The molecule has 1 fully saturated rings.